The van der Waals surface area contributed by atoms with E-state index in [2.05, 4.69) is 14.9 Å². The van der Waals surface area contributed by atoms with E-state index in [0.717, 1.165) is 16.7 Å². The molecule has 24 heavy (non-hydrogen) atoms. The first kappa shape index (κ1) is 15.8. The summed E-state index contributed by atoms with van der Waals surface area (Å²) in [6.07, 6.45) is 3.66. The standard InChI is InChI=1S/C15H21N5O3S/c21-24(22,20-9-11-23-12-10-20)19-7-5-18(6-8-19)14-2-4-17-15-13(14)1-3-16-15/h1-4H,5-12H2,(H,16,17). The molecule has 0 aliphatic carbocycles. The van der Waals surface area contributed by atoms with Crippen molar-refractivity contribution in [3.63, 3.8) is 0 Å². The smallest absolute Gasteiger partial charge is 0.282 e. The molecule has 2 fully saturated rings. The molecule has 2 aromatic rings. The number of aromatic nitrogens is 2. The van der Waals surface area contributed by atoms with Crippen LogP contribution >= 0.6 is 0 Å². The van der Waals surface area contributed by atoms with Crippen LogP contribution in [0.4, 0.5) is 5.69 Å². The van der Waals surface area contributed by atoms with Gasteiger partial charge in [-0.05, 0) is 12.1 Å². The second-order valence-corrected chi connectivity index (χ2v) is 7.90. The van der Waals surface area contributed by atoms with Gasteiger partial charge in [-0.1, -0.05) is 0 Å². The summed E-state index contributed by atoms with van der Waals surface area (Å²) in [6.45, 7) is 4.17. The lowest BCUT2D eigenvalue weighted by atomic mass is 10.2. The Morgan fingerprint density at radius 1 is 1.00 bits per heavy atom. The third kappa shape index (κ3) is 2.77. The van der Waals surface area contributed by atoms with Gasteiger partial charge in [0, 0.05) is 62.7 Å². The van der Waals surface area contributed by atoms with E-state index in [9.17, 15) is 8.42 Å². The normalized spacial score (nSPS) is 21.4. The van der Waals surface area contributed by atoms with Crippen molar-refractivity contribution in [1.82, 2.24) is 18.6 Å². The number of H-pyrrole nitrogens is 1. The summed E-state index contributed by atoms with van der Waals surface area (Å²) in [6, 6.07) is 4.00. The predicted octanol–water partition coefficient (Wildman–Crippen LogP) is 0.262. The van der Waals surface area contributed by atoms with E-state index in [1.165, 1.54) is 4.31 Å². The Balaban J connectivity index is 1.48. The fourth-order valence-electron chi connectivity index (χ4n) is 3.32. The molecule has 4 heterocycles. The third-order valence-corrected chi connectivity index (χ3v) is 6.67. The van der Waals surface area contributed by atoms with Gasteiger partial charge in [0.15, 0.2) is 0 Å². The maximum atomic E-state index is 12.7. The minimum atomic E-state index is -3.38. The van der Waals surface area contributed by atoms with Crippen molar-refractivity contribution in [2.45, 2.75) is 0 Å². The van der Waals surface area contributed by atoms with Crippen LogP contribution in [0, 0.1) is 0 Å². The van der Waals surface area contributed by atoms with Gasteiger partial charge in [-0.25, -0.2) is 4.98 Å². The van der Waals surface area contributed by atoms with E-state index < -0.39 is 10.2 Å². The molecule has 1 N–H and O–H groups in total. The molecule has 0 bridgehead atoms. The number of aromatic amines is 1. The lowest BCUT2D eigenvalue weighted by Gasteiger charge is -2.38. The average molecular weight is 351 g/mol. The Morgan fingerprint density at radius 3 is 2.46 bits per heavy atom. The Morgan fingerprint density at radius 2 is 1.71 bits per heavy atom. The minimum absolute atomic E-state index is 0.441. The maximum Gasteiger partial charge on any atom is 0.282 e. The molecule has 4 rings (SSSR count). The van der Waals surface area contributed by atoms with Gasteiger partial charge < -0.3 is 14.6 Å². The van der Waals surface area contributed by atoms with E-state index >= 15 is 0 Å². The zero-order valence-corrected chi connectivity index (χ0v) is 14.2. The molecular formula is C15H21N5O3S. The van der Waals surface area contributed by atoms with Crippen LogP contribution in [0.2, 0.25) is 0 Å². The molecule has 0 aromatic carbocycles. The quantitative estimate of drug-likeness (QED) is 0.858. The van der Waals surface area contributed by atoms with Crippen LogP contribution in [0.3, 0.4) is 0 Å². The Bertz CT molecular complexity index is 807. The summed E-state index contributed by atoms with van der Waals surface area (Å²) in [4.78, 5) is 9.64. The number of rotatable bonds is 3. The summed E-state index contributed by atoms with van der Waals surface area (Å²) in [5.41, 5.74) is 1.96. The maximum absolute atomic E-state index is 12.7. The number of hydrogen-bond acceptors (Lipinski definition) is 5. The molecule has 130 valence electrons. The molecule has 0 radical (unpaired) electrons. The van der Waals surface area contributed by atoms with Gasteiger partial charge >= 0.3 is 0 Å². The highest BCUT2D eigenvalue weighted by molar-refractivity contribution is 7.86. The van der Waals surface area contributed by atoms with Gasteiger partial charge in [0.2, 0.25) is 0 Å². The molecule has 0 unspecified atom stereocenters. The van der Waals surface area contributed by atoms with Crippen LogP contribution in [-0.4, -0.2) is 79.5 Å². The molecule has 2 saturated heterocycles. The zero-order chi connectivity index (χ0) is 16.6. The van der Waals surface area contributed by atoms with Crippen LogP contribution < -0.4 is 4.90 Å². The van der Waals surface area contributed by atoms with Gasteiger partial charge in [-0.2, -0.15) is 17.0 Å². The van der Waals surface area contributed by atoms with Gasteiger partial charge in [-0.3, -0.25) is 0 Å². The second-order valence-electron chi connectivity index (χ2n) is 5.98. The number of nitrogens with one attached hydrogen (secondary N) is 1. The van der Waals surface area contributed by atoms with Crippen molar-refractivity contribution >= 4 is 26.9 Å². The van der Waals surface area contributed by atoms with Crippen LogP contribution in [0.1, 0.15) is 0 Å². The number of ether oxygens (including phenoxy) is 1. The van der Waals surface area contributed by atoms with E-state index in [-0.39, 0.29) is 0 Å². The van der Waals surface area contributed by atoms with Crippen LogP contribution in [-0.2, 0) is 14.9 Å². The highest BCUT2D eigenvalue weighted by Crippen LogP contribution is 2.26. The van der Waals surface area contributed by atoms with Crippen molar-refractivity contribution < 1.29 is 13.2 Å². The van der Waals surface area contributed by atoms with E-state index in [4.69, 9.17) is 4.74 Å². The molecular weight excluding hydrogens is 330 g/mol. The number of nitrogens with zero attached hydrogens (tertiary/aromatic N) is 4. The first-order chi connectivity index (χ1) is 11.7. The number of morpholine rings is 1. The van der Waals surface area contributed by atoms with Crippen LogP contribution in [0.15, 0.2) is 24.5 Å². The molecule has 2 aliphatic rings. The molecule has 2 aliphatic heterocycles. The molecule has 2 aromatic heterocycles. The van der Waals surface area contributed by atoms with E-state index in [1.807, 2.05) is 18.3 Å². The molecule has 0 amide bonds. The molecule has 0 spiro atoms. The highest BCUT2D eigenvalue weighted by atomic mass is 32.2. The minimum Gasteiger partial charge on any atom is -0.379 e. The van der Waals surface area contributed by atoms with Crippen molar-refractivity contribution in [3.05, 3.63) is 24.5 Å². The SMILES string of the molecule is O=S(=O)(N1CCOCC1)N1CCN(c2ccnc3[nH]ccc23)CC1. The first-order valence-electron chi connectivity index (χ1n) is 8.16. The Hall–Kier alpha value is -1.68. The third-order valence-electron chi connectivity index (χ3n) is 4.64. The molecule has 8 nitrogen and oxygen atoms in total. The topological polar surface area (TPSA) is 81.8 Å². The van der Waals surface area contributed by atoms with Crippen LogP contribution in [0.25, 0.3) is 11.0 Å². The molecule has 0 atom stereocenters. The summed E-state index contributed by atoms with van der Waals surface area (Å²) >= 11 is 0. The summed E-state index contributed by atoms with van der Waals surface area (Å²) in [5, 5.41) is 1.07. The summed E-state index contributed by atoms with van der Waals surface area (Å²) in [7, 11) is -3.38. The number of hydrogen-bond donors (Lipinski definition) is 1. The number of fused-ring (bicyclic) bond motifs is 1. The monoisotopic (exact) mass is 351 g/mol. The average Bonchev–Trinajstić information content (AvgIpc) is 3.11. The zero-order valence-electron chi connectivity index (χ0n) is 13.4. The van der Waals surface area contributed by atoms with Crippen molar-refractivity contribution in [1.29, 1.82) is 0 Å². The van der Waals surface area contributed by atoms with Crippen molar-refractivity contribution in [3.8, 4) is 0 Å². The summed E-state index contributed by atoms with van der Waals surface area (Å²) in [5.74, 6) is 0. The first-order valence-corrected chi connectivity index (χ1v) is 9.56. The Kier molecular flexibility index (Phi) is 4.17. The van der Waals surface area contributed by atoms with E-state index in [1.54, 1.807) is 10.5 Å². The Labute approximate surface area is 141 Å². The molecule has 9 heteroatoms. The van der Waals surface area contributed by atoms with Crippen LogP contribution in [0.5, 0.6) is 0 Å². The van der Waals surface area contributed by atoms with Crippen molar-refractivity contribution in [2.75, 3.05) is 57.4 Å². The van der Waals surface area contributed by atoms with Gasteiger partial charge in [0.05, 0.1) is 13.2 Å². The van der Waals surface area contributed by atoms with Gasteiger partial charge in [0.25, 0.3) is 10.2 Å². The fourth-order valence-corrected chi connectivity index (χ4v) is 4.88. The molecule has 0 saturated carbocycles. The fraction of sp³-hybridized carbons (Fsp3) is 0.533. The van der Waals surface area contributed by atoms with Crippen molar-refractivity contribution in [2.24, 2.45) is 0 Å². The predicted molar refractivity (Wildman–Crippen MR) is 91.2 cm³/mol. The largest absolute Gasteiger partial charge is 0.379 e. The number of pyridine rings is 1. The number of piperazine rings is 1. The lowest BCUT2D eigenvalue weighted by Crippen LogP contribution is -2.55. The summed E-state index contributed by atoms with van der Waals surface area (Å²) < 4.78 is 33.8. The second kappa shape index (κ2) is 6.32. The number of anilines is 1. The lowest BCUT2D eigenvalue weighted by molar-refractivity contribution is 0.0700. The van der Waals surface area contributed by atoms with Gasteiger partial charge in [0.1, 0.15) is 5.65 Å². The van der Waals surface area contributed by atoms with E-state index in [0.29, 0.717) is 52.5 Å². The highest BCUT2D eigenvalue weighted by Gasteiger charge is 2.33. The van der Waals surface area contributed by atoms with Gasteiger partial charge in [-0.15, -0.1) is 0 Å².